The van der Waals surface area contributed by atoms with Crippen molar-refractivity contribution < 1.29 is 0 Å². The smallest absolute Gasteiger partial charge is 0.0687 e. The summed E-state index contributed by atoms with van der Waals surface area (Å²) in [5, 5.41) is 0. The van der Waals surface area contributed by atoms with Gasteiger partial charge in [-0.15, -0.1) is 0 Å². The van der Waals surface area contributed by atoms with Gasteiger partial charge in [-0.2, -0.15) is 0 Å². The third kappa shape index (κ3) is 2.94. The fourth-order valence-electron chi connectivity index (χ4n) is 1.68. The van der Waals surface area contributed by atoms with Crippen LogP contribution in [-0.2, 0) is 0 Å². The zero-order valence-corrected chi connectivity index (χ0v) is 11.6. The molecule has 1 aromatic rings. The number of nitrogens with zero attached hydrogens (tertiary/aromatic N) is 1. The minimum absolute atomic E-state index is 0.143. The maximum atomic E-state index is 4.79. The van der Waals surface area contributed by atoms with E-state index in [1.807, 2.05) is 0 Å². The van der Waals surface area contributed by atoms with Crippen molar-refractivity contribution in [3.05, 3.63) is 28.8 Å². The van der Waals surface area contributed by atoms with Gasteiger partial charge in [0.15, 0.2) is 0 Å². The summed E-state index contributed by atoms with van der Waals surface area (Å²) in [5.74, 6) is 0. The molecule has 0 aliphatic heterocycles. The average molecular weight is 217 g/mol. The molecular formula is C15H23N. The number of benzene rings is 1. The van der Waals surface area contributed by atoms with Crippen molar-refractivity contribution in [3.63, 3.8) is 0 Å². The fourth-order valence-corrected chi connectivity index (χ4v) is 1.68. The van der Waals surface area contributed by atoms with E-state index >= 15 is 0 Å². The molecule has 0 aliphatic rings. The molecular weight excluding hydrogens is 194 g/mol. The Kier molecular flexibility index (Phi) is 3.57. The zero-order valence-electron chi connectivity index (χ0n) is 11.6. The average Bonchev–Trinajstić information content (AvgIpc) is 2.08. The highest BCUT2D eigenvalue weighted by molar-refractivity contribution is 5.89. The van der Waals surface area contributed by atoms with E-state index in [0.717, 1.165) is 5.69 Å². The quantitative estimate of drug-likeness (QED) is 0.602. The first kappa shape index (κ1) is 13.0. The Labute approximate surface area is 99.6 Å². The summed E-state index contributed by atoms with van der Waals surface area (Å²) in [6.07, 6.45) is 0. The van der Waals surface area contributed by atoms with E-state index in [1.165, 1.54) is 22.4 Å². The van der Waals surface area contributed by atoms with Gasteiger partial charge in [-0.05, 0) is 44.2 Å². The highest BCUT2D eigenvalue weighted by atomic mass is 14.8. The molecule has 88 valence electrons. The van der Waals surface area contributed by atoms with Crippen LogP contribution in [0.25, 0.3) is 0 Å². The lowest BCUT2D eigenvalue weighted by Gasteiger charge is -2.19. The van der Waals surface area contributed by atoms with E-state index in [2.05, 4.69) is 60.6 Å². The first-order valence-corrected chi connectivity index (χ1v) is 5.85. The summed E-state index contributed by atoms with van der Waals surface area (Å²) in [5.41, 5.74) is 6.30. The van der Waals surface area contributed by atoms with Crippen LogP contribution in [0.5, 0.6) is 0 Å². The van der Waals surface area contributed by atoms with Crippen LogP contribution >= 0.6 is 0 Å². The van der Waals surface area contributed by atoms with Crippen molar-refractivity contribution in [3.8, 4) is 0 Å². The molecule has 16 heavy (non-hydrogen) atoms. The molecule has 0 aromatic heterocycles. The van der Waals surface area contributed by atoms with Gasteiger partial charge in [-0.3, -0.25) is 4.99 Å². The molecule has 0 radical (unpaired) electrons. The highest BCUT2D eigenvalue weighted by Gasteiger charge is 2.15. The van der Waals surface area contributed by atoms with E-state index in [0.29, 0.717) is 0 Å². The first-order valence-electron chi connectivity index (χ1n) is 5.85. The second-order valence-corrected chi connectivity index (χ2v) is 5.69. The van der Waals surface area contributed by atoms with Crippen LogP contribution in [0.3, 0.4) is 0 Å². The number of hydrogen-bond acceptors (Lipinski definition) is 1. The Morgan fingerprint density at radius 1 is 1.00 bits per heavy atom. The Balaban J connectivity index is 3.26. The van der Waals surface area contributed by atoms with Crippen molar-refractivity contribution in [2.24, 2.45) is 10.4 Å². The molecule has 0 heterocycles. The number of rotatable bonds is 1. The Morgan fingerprint density at radius 2 is 1.44 bits per heavy atom. The lowest BCUT2D eigenvalue weighted by atomic mass is 9.91. The first-order chi connectivity index (χ1) is 7.21. The SMILES string of the molecule is C/C(=N\c1c(C)cc(C)cc1C)C(C)(C)C. The van der Waals surface area contributed by atoms with E-state index < -0.39 is 0 Å². The molecule has 1 rings (SSSR count). The monoisotopic (exact) mass is 217 g/mol. The van der Waals surface area contributed by atoms with Crippen molar-refractivity contribution in [1.82, 2.24) is 0 Å². The number of hydrogen-bond donors (Lipinski definition) is 0. The van der Waals surface area contributed by atoms with Crippen molar-refractivity contribution in [2.75, 3.05) is 0 Å². The molecule has 0 atom stereocenters. The molecule has 0 bridgehead atoms. The molecule has 1 nitrogen and oxygen atoms in total. The molecule has 0 saturated heterocycles. The Hall–Kier alpha value is -1.11. The molecule has 0 unspecified atom stereocenters. The summed E-state index contributed by atoms with van der Waals surface area (Å²) in [7, 11) is 0. The second kappa shape index (κ2) is 4.40. The third-order valence-corrected chi connectivity index (χ3v) is 3.00. The molecule has 0 amide bonds. The maximum Gasteiger partial charge on any atom is 0.0687 e. The van der Waals surface area contributed by atoms with Gasteiger partial charge in [0.05, 0.1) is 5.69 Å². The Morgan fingerprint density at radius 3 is 1.81 bits per heavy atom. The van der Waals surface area contributed by atoms with Gasteiger partial charge in [-0.1, -0.05) is 38.5 Å². The largest absolute Gasteiger partial charge is 0.257 e. The van der Waals surface area contributed by atoms with E-state index in [4.69, 9.17) is 4.99 Å². The molecule has 1 heteroatoms. The lowest BCUT2D eigenvalue weighted by Crippen LogP contribution is -2.16. The van der Waals surface area contributed by atoms with Gasteiger partial charge in [-0.25, -0.2) is 0 Å². The van der Waals surface area contributed by atoms with Crippen LogP contribution in [0.1, 0.15) is 44.4 Å². The van der Waals surface area contributed by atoms with Gasteiger partial charge in [0, 0.05) is 5.71 Å². The lowest BCUT2D eigenvalue weighted by molar-refractivity contribution is 0.588. The van der Waals surface area contributed by atoms with E-state index in [1.54, 1.807) is 0 Å². The van der Waals surface area contributed by atoms with Gasteiger partial charge in [0.25, 0.3) is 0 Å². The zero-order chi connectivity index (χ0) is 12.5. The number of aryl methyl sites for hydroxylation is 3. The van der Waals surface area contributed by atoms with Crippen LogP contribution in [0.15, 0.2) is 17.1 Å². The molecule has 0 fully saturated rings. The third-order valence-electron chi connectivity index (χ3n) is 3.00. The molecule has 0 aliphatic carbocycles. The highest BCUT2D eigenvalue weighted by Crippen LogP contribution is 2.28. The number of aliphatic imine (C=N–C) groups is 1. The topological polar surface area (TPSA) is 12.4 Å². The van der Waals surface area contributed by atoms with Gasteiger partial charge < -0.3 is 0 Å². The van der Waals surface area contributed by atoms with E-state index in [-0.39, 0.29) is 5.41 Å². The normalized spacial score (nSPS) is 13.1. The summed E-state index contributed by atoms with van der Waals surface area (Å²) >= 11 is 0. The van der Waals surface area contributed by atoms with Gasteiger partial charge >= 0.3 is 0 Å². The second-order valence-electron chi connectivity index (χ2n) is 5.69. The van der Waals surface area contributed by atoms with Gasteiger partial charge in [0.2, 0.25) is 0 Å². The molecule has 0 spiro atoms. The minimum Gasteiger partial charge on any atom is -0.257 e. The van der Waals surface area contributed by atoms with E-state index in [9.17, 15) is 0 Å². The van der Waals surface area contributed by atoms with Gasteiger partial charge in [0.1, 0.15) is 0 Å². The molecule has 0 N–H and O–H groups in total. The summed E-state index contributed by atoms with van der Waals surface area (Å²) < 4.78 is 0. The predicted octanol–water partition coefficient (Wildman–Crippen LogP) is 4.75. The summed E-state index contributed by atoms with van der Waals surface area (Å²) in [6.45, 7) is 15.1. The summed E-state index contributed by atoms with van der Waals surface area (Å²) in [4.78, 5) is 4.79. The predicted molar refractivity (Wildman–Crippen MR) is 72.9 cm³/mol. The summed E-state index contributed by atoms with van der Waals surface area (Å²) in [6, 6.07) is 4.39. The van der Waals surface area contributed by atoms with Crippen LogP contribution in [0.2, 0.25) is 0 Å². The van der Waals surface area contributed by atoms with Crippen LogP contribution < -0.4 is 0 Å². The van der Waals surface area contributed by atoms with Crippen LogP contribution in [0.4, 0.5) is 5.69 Å². The molecule has 0 saturated carbocycles. The standard InChI is InChI=1S/C15H23N/c1-10-8-11(2)14(12(3)9-10)16-13(4)15(5,6)7/h8-9H,1-7H3/b16-13+. The fraction of sp³-hybridized carbons (Fsp3) is 0.533. The van der Waals surface area contributed by atoms with Crippen molar-refractivity contribution in [2.45, 2.75) is 48.5 Å². The van der Waals surface area contributed by atoms with Crippen molar-refractivity contribution in [1.29, 1.82) is 0 Å². The minimum atomic E-state index is 0.143. The van der Waals surface area contributed by atoms with Crippen LogP contribution in [-0.4, -0.2) is 5.71 Å². The van der Waals surface area contributed by atoms with Crippen molar-refractivity contribution >= 4 is 11.4 Å². The van der Waals surface area contributed by atoms with Crippen LogP contribution in [0, 0.1) is 26.2 Å². The molecule has 1 aromatic carbocycles. The maximum absolute atomic E-state index is 4.79. The Bertz CT molecular complexity index is 397.